The van der Waals surface area contributed by atoms with E-state index < -0.39 is 28.9 Å². The Morgan fingerprint density at radius 1 is 0.531 bits per heavy atom. The molecule has 10 nitrogen and oxygen atoms in total. The second-order valence-electron chi connectivity index (χ2n) is 21.1. The molecule has 20 heteroatoms. The Labute approximate surface area is 498 Å². The van der Waals surface area contributed by atoms with E-state index in [0.29, 0.717) is 39.0 Å². The van der Waals surface area contributed by atoms with Gasteiger partial charge in [0.05, 0.1) is 33.5 Å². The second-order valence-corrected chi connectivity index (χ2v) is 29.7. The molecule has 0 radical (unpaired) electrons. The molecule has 8 aromatic rings. The standard InChI is InChI=1S/C24H23ClFNO2S.C23H22ClFN2O2S.C7H6Cl2O2S.C6H6ClN.CH4/c25-18-3-1-16(2-4-18)15-30(28,29)23-14-24(23)10-7-17(8-11-24)20-9-12-27-22-6-5-19(26)13-21(20)22;24-18-3-1-16(2-4-18)14-30(28,29)27-15-23(27)10-7-17(8-11-23)20-9-12-26-22-6-5-19(25)13-21(20)22;8-7-3-1-6(2-4-7)5-12(9,10)11;7-5-1-3-6(8)4-2-5;/h1-6,9,12-13,17,23H,7-8,10-11,14-15H2;1-6,9,12-13,17H,7-8,10-11,14-15H2;1-4H,5H2;1-4H,8H2;1H4. The van der Waals surface area contributed by atoms with E-state index >= 15 is 0 Å². The van der Waals surface area contributed by atoms with E-state index in [9.17, 15) is 34.0 Å². The van der Waals surface area contributed by atoms with Crippen molar-refractivity contribution in [3.05, 3.63) is 218 Å². The van der Waals surface area contributed by atoms with Crippen LogP contribution in [0.1, 0.15) is 105 Å². The second kappa shape index (κ2) is 25.9. The number of hydrogen-bond acceptors (Lipinski definition) is 9. The number of fused-ring (bicyclic) bond motifs is 2. The first-order chi connectivity index (χ1) is 38.0. The summed E-state index contributed by atoms with van der Waals surface area (Å²) in [5.41, 5.74) is 11.8. The average Bonchev–Trinajstić information content (AvgIpc) is 4.38. The van der Waals surface area contributed by atoms with Crippen molar-refractivity contribution < 1.29 is 34.0 Å². The third-order valence-corrected chi connectivity index (χ3v) is 21.8. The number of sulfonamides is 1. The maximum atomic E-state index is 13.8. The van der Waals surface area contributed by atoms with Gasteiger partial charge in [0, 0.05) is 71.7 Å². The maximum absolute atomic E-state index is 13.8. The predicted molar refractivity (Wildman–Crippen MR) is 327 cm³/mol. The monoisotopic (exact) mass is 1250 g/mol. The number of aromatic nitrogens is 2. The molecular weight excluding hydrogens is 1200 g/mol. The SMILES string of the molecule is C.Nc1ccc(Cl)cc1.O=S(=O)(Cc1ccc(Cl)cc1)C1CC12CCC(c1ccnc3ccc(F)cc13)CC2.O=S(=O)(Cc1ccc(Cl)cc1)N1CC12CCC(c1ccnc3ccc(F)cc13)CC2.O=S(=O)(Cl)Cc1ccc(Cl)cc1. The molecule has 0 bridgehead atoms. The Hall–Kier alpha value is -4.94. The fourth-order valence-electron chi connectivity index (χ4n) is 11.4. The zero-order valence-electron chi connectivity index (χ0n) is 43.2. The van der Waals surface area contributed by atoms with Gasteiger partial charge in [-0.25, -0.2) is 34.0 Å². The summed E-state index contributed by atoms with van der Waals surface area (Å²) in [5.74, 6) is 0.0293. The Bertz CT molecular complexity index is 3620. The van der Waals surface area contributed by atoms with Crippen molar-refractivity contribution in [2.45, 2.75) is 105 Å². The summed E-state index contributed by atoms with van der Waals surface area (Å²) in [6.45, 7) is 0.599. The van der Waals surface area contributed by atoms with Gasteiger partial charge in [-0.2, -0.15) is 4.31 Å². The first-order valence-corrected chi connectivity index (χ1v) is 33.3. The number of sulfone groups is 1. The fraction of sp³-hybridized carbons (Fsp3) is 0.311. The van der Waals surface area contributed by atoms with Crippen LogP contribution in [-0.4, -0.2) is 56.9 Å². The number of hydrogen-bond donors (Lipinski definition) is 1. The zero-order valence-corrected chi connectivity index (χ0v) is 49.4. The van der Waals surface area contributed by atoms with Crippen molar-refractivity contribution >= 4 is 113 Å². The third-order valence-electron chi connectivity index (χ3n) is 15.7. The van der Waals surface area contributed by atoms with Crippen molar-refractivity contribution in [1.82, 2.24) is 14.3 Å². The molecule has 428 valence electrons. The van der Waals surface area contributed by atoms with Crippen molar-refractivity contribution in [3.63, 3.8) is 0 Å². The van der Waals surface area contributed by atoms with Crippen LogP contribution in [-0.2, 0) is 46.2 Å². The summed E-state index contributed by atoms with van der Waals surface area (Å²) in [4.78, 5) is 8.70. The summed E-state index contributed by atoms with van der Waals surface area (Å²) in [6.07, 6.45) is 11.4. The quantitative estimate of drug-likeness (QED) is 0.0799. The van der Waals surface area contributed by atoms with Gasteiger partial charge in [0.2, 0.25) is 19.1 Å². The first-order valence-electron chi connectivity index (χ1n) is 26.0. The minimum absolute atomic E-state index is 0. The van der Waals surface area contributed by atoms with Crippen LogP contribution in [0.4, 0.5) is 14.5 Å². The molecule has 4 fully saturated rings. The molecule has 6 aromatic carbocycles. The van der Waals surface area contributed by atoms with Gasteiger partial charge < -0.3 is 5.73 Å². The molecule has 2 aromatic heterocycles. The lowest BCUT2D eigenvalue weighted by Crippen LogP contribution is -2.29. The average molecular weight is 1260 g/mol. The van der Waals surface area contributed by atoms with Crippen molar-refractivity contribution in [3.8, 4) is 0 Å². The van der Waals surface area contributed by atoms with E-state index in [4.69, 9.17) is 62.8 Å². The molecule has 1 aliphatic heterocycles. The fourth-order valence-corrected chi connectivity index (χ4v) is 17.3. The highest BCUT2D eigenvalue weighted by Crippen LogP contribution is 2.62. The summed E-state index contributed by atoms with van der Waals surface area (Å²) in [6, 6.07) is 41.0. The maximum Gasteiger partial charge on any atom is 0.236 e. The van der Waals surface area contributed by atoms with Crippen molar-refractivity contribution in [2.75, 3.05) is 12.3 Å². The van der Waals surface area contributed by atoms with Gasteiger partial charge in [-0.3, -0.25) is 9.97 Å². The van der Waals surface area contributed by atoms with Crippen LogP contribution in [0.5, 0.6) is 0 Å². The van der Waals surface area contributed by atoms with Crippen molar-refractivity contribution in [1.29, 1.82) is 0 Å². The van der Waals surface area contributed by atoms with E-state index in [0.717, 1.165) is 113 Å². The Morgan fingerprint density at radius 2 is 0.926 bits per heavy atom. The minimum Gasteiger partial charge on any atom is -0.399 e. The van der Waals surface area contributed by atoms with Gasteiger partial charge in [-0.1, -0.05) is 90.2 Å². The summed E-state index contributed by atoms with van der Waals surface area (Å²) >= 11 is 23.0. The number of halogens is 7. The molecule has 2 spiro atoms. The molecule has 2 unspecified atom stereocenters. The molecule has 1 saturated heterocycles. The lowest BCUT2D eigenvalue weighted by atomic mass is 9.76. The van der Waals surface area contributed by atoms with Crippen LogP contribution in [0.3, 0.4) is 0 Å². The lowest BCUT2D eigenvalue weighted by molar-refractivity contribution is 0.307. The molecule has 12 rings (SSSR count). The number of benzene rings is 6. The van der Waals surface area contributed by atoms with E-state index in [1.165, 1.54) is 12.1 Å². The number of nitrogens with two attached hydrogens (primary N) is 1. The highest BCUT2D eigenvalue weighted by molar-refractivity contribution is 8.13. The molecule has 2 atom stereocenters. The number of nitrogen functional groups attached to an aromatic ring is 1. The molecule has 2 N–H and O–H groups in total. The van der Waals surface area contributed by atoms with Gasteiger partial charge in [-0.05, 0) is 212 Å². The lowest BCUT2D eigenvalue weighted by Gasteiger charge is -2.30. The van der Waals surface area contributed by atoms with E-state index in [1.807, 2.05) is 12.1 Å². The van der Waals surface area contributed by atoms with E-state index in [1.54, 1.807) is 138 Å². The highest BCUT2D eigenvalue weighted by Gasteiger charge is 2.61. The summed E-state index contributed by atoms with van der Waals surface area (Å²) < 4.78 is 102. The van der Waals surface area contributed by atoms with Crippen LogP contribution in [0, 0.1) is 17.0 Å². The third kappa shape index (κ3) is 16.0. The Morgan fingerprint density at radius 3 is 1.35 bits per heavy atom. The van der Waals surface area contributed by atoms with Crippen LogP contribution in [0.25, 0.3) is 21.8 Å². The largest absolute Gasteiger partial charge is 0.399 e. The molecule has 0 amide bonds. The molecule has 81 heavy (non-hydrogen) atoms. The van der Waals surface area contributed by atoms with Crippen LogP contribution in [0.15, 0.2) is 158 Å². The van der Waals surface area contributed by atoms with Gasteiger partial charge in [0.15, 0.2) is 9.84 Å². The number of nitrogens with zero attached hydrogens (tertiary/aromatic N) is 3. The van der Waals surface area contributed by atoms with Gasteiger partial charge in [0.25, 0.3) is 0 Å². The molecule has 3 heterocycles. The van der Waals surface area contributed by atoms with Crippen LogP contribution < -0.4 is 5.73 Å². The van der Waals surface area contributed by atoms with Gasteiger partial charge in [0.1, 0.15) is 11.6 Å². The summed E-state index contributed by atoms with van der Waals surface area (Å²) in [7, 11) is -4.95. The number of rotatable bonds is 10. The summed E-state index contributed by atoms with van der Waals surface area (Å²) in [5, 5.41) is 4.00. The number of pyridine rings is 2. The van der Waals surface area contributed by atoms with Crippen molar-refractivity contribution in [2.24, 2.45) is 5.41 Å². The zero-order chi connectivity index (χ0) is 57.0. The molecular formula is C61H61Cl5F2N4O6S3. The van der Waals surface area contributed by atoms with Crippen LogP contribution in [0.2, 0.25) is 20.1 Å². The number of anilines is 1. The van der Waals surface area contributed by atoms with E-state index in [-0.39, 0.29) is 52.5 Å². The predicted octanol–water partition coefficient (Wildman–Crippen LogP) is 16.3. The highest BCUT2D eigenvalue weighted by atomic mass is 35.7. The normalized spacial score (nSPS) is 22.0. The Balaban J connectivity index is 0.000000158. The molecule has 3 saturated carbocycles. The first kappa shape index (κ1) is 62.1. The molecule has 3 aliphatic carbocycles. The van der Waals surface area contributed by atoms with E-state index in [2.05, 4.69) is 9.97 Å². The topological polar surface area (TPSA) is 157 Å². The molecule has 4 aliphatic rings. The Kier molecular flexibility index (Phi) is 19.9. The minimum atomic E-state index is -3.46. The van der Waals surface area contributed by atoms with Gasteiger partial charge >= 0.3 is 0 Å². The van der Waals surface area contributed by atoms with Gasteiger partial charge in [-0.15, -0.1) is 0 Å². The smallest absolute Gasteiger partial charge is 0.236 e. The van der Waals surface area contributed by atoms with Crippen LogP contribution >= 0.6 is 57.1 Å².